The number of aryl methyl sites for hydroxylation is 1. The van der Waals surface area contributed by atoms with Crippen molar-refractivity contribution in [1.82, 2.24) is 10.3 Å². The molecule has 1 aromatic heterocycles. The first kappa shape index (κ1) is 15.9. The average Bonchev–Trinajstić information content (AvgIpc) is 2.77. The molecule has 0 saturated heterocycles. The SMILES string of the molecule is Cc1nc(/C=C/C(=O)NCC(C)(C)CCCO)cs1. The van der Waals surface area contributed by atoms with Crippen LogP contribution < -0.4 is 5.32 Å². The summed E-state index contributed by atoms with van der Waals surface area (Å²) in [7, 11) is 0. The highest BCUT2D eigenvalue weighted by molar-refractivity contribution is 7.09. The van der Waals surface area contributed by atoms with E-state index in [9.17, 15) is 4.79 Å². The number of aliphatic hydroxyl groups is 1. The molecule has 0 atom stereocenters. The van der Waals surface area contributed by atoms with Gasteiger partial charge in [-0.15, -0.1) is 11.3 Å². The first-order valence-electron chi connectivity index (χ1n) is 6.42. The van der Waals surface area contributed by atoms with Gasteiger partial charge < -0.3 is 10.4 Å². The number of amides is 1. The highest BCUT2D eigenvalue weighted by Crippen LogP contribution is 2.20. The van der Waals surface area contributed by atoms with E-state index in [2.05, 4.69) is 24.1 Å². The van der Waals surface area contributed by atoms with Crippen molar-refractivity contribution in [2.75, 3.05) is 13.2 Å². The Balaban J connectivity index is 2.37. The summed E-state index contributed by atoms with van der Waals surface area (Å²) in [6.07, 6.45) is 4.88. The molecule has 0 bridgehead atoms. The van der Waals surface area contributed by atoms with Crippen molar-refractivity contribution in [3.05, 3.63) is 22.2 Å². The fraction of sp³-hybridized carbons (Fsp3) is 0.571. The minimum absolute atomic E-state index is 0.00342. The predicted molar refractivity (Wildman–Crippen MR) is 79.0 cm³/mol. The van der Waals surface area contributed by atoms with Gasteiger partial charge in [0.1, 0.15) is 0 Å². The lowest BCUT2D eigenvalue weighted by atomic mass is 9.88. The molecule has 0 spiro atoms. The normalized spacial score (nSPS) is 12.0. The molecule has 0 aromatic carbocycles. The Kier molecular flexibility index (Phi) is 6.18. The number of aliphatic hydroxyl groups excluding tert-OH is 1. The van der Waals surface area contributed by atoms with Crippen LogP contribution in [0.2, 0.25) is 0 Å². The summed E-state index contributed by atoms with van der Waals surface area (Å²) in [5.74, 6) is -0.109. The molecule has 0 saturated carbocycles. The van der Waals surface area contributed by atoms with Crippen molar-refractivity contribution in [3.63, 3.8) is 0 Å². The van der Waals surface area contributed by atoms with Gasteiger partial charge in [0.25, 0.3) is 0 Å². The van der Waals surface area contributed by atoms with Crippen molar-refractivity contribution in [3.8, 4) is 0 Å². The van der Waals surface area contributed by atoms with Crippen LogP contribution in [0.1, 0.15) is 37.4 Å². The Hall–Kier alpha value is -1.20. The van der Waals surface area contributed by atoms with Gasteiger partial charge in [-0.05, 0) is 31.3 Å². The summed E-state index contributed by atoms with van der Waals surface area (Å²) in [5, 5.41) is 14.6. The van der Waals surface area contributed by atoms with Gasteiger partial charge in [-0.25, -0.2) is 4.98 Å². The molecule has 19 heavy (non-hydrogen) atoms. The number of rotatable bonds is 7. The number of thiazole rings is 1. The van der Waals surface area contributed by atoms with Crippen molar-refractivity contribution in [1.29, 1.82) is 0 Å². The van der Waals surface area contributed by atoms with Crippen molar-refractivity contribution in [2.24, 2.45) is 5.41 Å². The number of nitrogens with one attached hydrogen (secondary N) is 1. The Morgan fingerprint density at radius 1 is 1.58 bits per heavy atom. The largest absolute Gasteiger partial charge is 0.396 e. The predicted octanol–water partition coefficient (Wildman–Crippen LogP) is 2.38. The Morgan fingerprint density at radius 2 is 2.32 bits per heavy atom. The molecule has 0 unspecified atom stereocenters. The highest BCUT2D eigenvalue weighted by atomic mass is 32.1. The van der Waals surface area contributed by atoms with Gasteiger partial charge in [-0.1, -0.05) is 13.8 Å². The molecule has 1 rings (SSSR count). The number of hydrogen-bond acceptors (Lipinski definition) is 4. The Labute approximate surface area is 118 Å². The molecule has 0 aliphatic carbocycles. The molecule has 0 radical (unpaired) electrons. The minimum atomic E-state index is -0.109. The molecule has 1 heterocycles. The van der Waals surface area contributed by atoms with Crippen LogP contribution in [0.5, 0.6) is 0 Å². The summed E-state index contributed by atoms with van der Waals surface area (Å²) in [6.45, 7) is 6.89. The number of carbonyl (C=O) groups is 1. The fourth-order valence-corrected chi connectivity index (χ4v) is 2.23. The number of hydrogen-bond donors (Lipinski definition) is 2. The highest BCUT2D eigenvalue weighted by Gasteiger charge is 2.17. The zero-order valence-electron chi connectivity index (χ0n) is 11.8. The zero-order chi connectivity index (χ0) is 14.3. The van der Waals surface area contributed by atoms with Crippen LogP contribution in [-0.2, 0) is 4.79 Å². The maximum atomic E-state index is 11.7. The first-order valence-corrected chi connectivity index (χ1v) is 7.30. The van der Waals surface area contributed by atoms with E-state index in [-0.39, 0.29) is 17.9 Å². The van der Waals surface area contributed by atoms with E-state index in [1.165, 1.54) is 6.08 Å². The topological polar surface area (TPSA) is 62.2 Å². The monoisotopic (exact) mass is 282 g/mol. The van der Waals surface area contributed by atoms with Gasteiger partial charge in [0.2, 0.25) is 5.91 Å². The van der Waals surface area contributed by atoms with E-state index in [0.29, 0.717) is 6.54 Å². The lowest BCUT2D eigenvalue weighted by Crippen LogP contribution is -2.33. The molecule has 1 aromatic rings. The molecule has 5 heteroatoms. The van der Waals surface area contributed by atoms with Crippen LogP contribution in [-0.4, -0.2) is 29.1 Å². The quantitative estimate of drug-likeness (QED) is 0.755. The second-order valence-electron chi connectivity index (χ2n) is 5.33. The third kappa shape index (κ3) is 6.50. The number of nitrogens with zero attached hydrogens (tertiary/aromatic N) is 1. The van der Waals surface area contributed by atoms with Crippen LogP contribution >= 0.6 is 11.3 Å². The summed E-state index contributed by atoms with van der Waals surface area (Å²) < 4.78 is 0. The van der Waals surface area contributed by atoms with Gasteiger partial charge >= 0.3 is 0 Å². The first-order chi connectivity index (χ1) is 8.93. The molecule has 106 valence electrons. The third-order valence-corrected chi connectivity index (χ3v) is 3.59. The summed E-state index contributed by atoms with van der Waals surface area (Å²) in [6, 6.07) is 0. The van der Waals surface area contributed by atoms with Crippen molar-refractivity contribution in [2.45, 2.75) is 33.6 Å². The van der Waals surface area contributed by atoms with Gasteiger partial charge in [0, 0.05) is 24.6 Å². The minimum Gasteiger partial charge on any atom is -0.396 e. The Morgan fingerprint density at radius 3 is 2.89 bits per heavy atom. The molecular formula is C14H22N2O2S. The molecule has 2 N–H and O–H groups in total. The lowest BCUT2D eigenvalue weighted by Gasteiger charge is -2.24. The van der Waals surface area contributed by atoms with E-state index in [0.717, 1.165) is 23.5 Å². The zero-order valence-corrected chi connectivity index (χ0v) is 12.6. The van der Waals surface area contributed by atoms with E-state index in [1.807, 2.05) is 12.3 Å². The van der Waals surface area contributed by atoms with E-state index in [1.54, 1.807) is 17.4 Å². The molecule has 0 aliphatic heterocycles. The second kappa shape index (κ2) is 7.40. The van der Waals surface area contributed by atoms with Crippen LogP contribution in [0.4, 0.5) is 0 Å². The summed E-state index contributed by atoms with van der Waals surface area (Å²) >= 11 is 1.57. The van der Waals surface area contributed by atoms with Crippen molar-refractivity contribution >= 4 is 23.3 Å². The number of carbonyl (C=O) groups excluding carboxylic acids is 1. The van der Waals surface area contributed by atoms with Crippen LogP contribution in [0.15, 0.2) is 11.5 Å². The molecular weight excluding hydrogens is 260 g/mol. The van der Waals surface area contributed by atoms with E-state index >= 15 is 0 Å². The second-order valence-corrected chi connectivity index (χ2v) is 6.40. The maximum Gasteiger partial charge on any atom is 0.244 e. The van der Waals surface area contributed by atoms with Crippen LogP contribution in [0, 0.1) is 12.3 Å². The van der Waals surface area contributed by atoms with E-state index < -0.39 is 0 Å². The van der Waals surface area contributed by atoms with Crippen LogP contribution in [0.3, 0.4) is 0 Å². The molecule has 0 fully saturated rings. The van der Waals surface area contributed by atoms with E-state index in [4.69, 9.17) is 5.11 Å². The average molecular weight is 282 g/mol. The van der Waals surface area contributed by atoms with Gasteiger partial charge in [-0.3, -0.25) is 4.79 Å². The Bertz CT molecular complexity index is 438. The molecule has 4 nitrogen and oxygen atoms in total. The lowest BCUT2D eigenvalue weighted by molar-refractivity contribution is -0.116. The van der Waals surface area contributed by atoms with Crippen molar-refractivity contribution < 1.29 is 9.90 Å². The van der Waals surface area contributed by atoms with Gasteiger partial charge in [-0.2, -0.15) is 0 Å². The summed E-state index contributed by atoms with van der Waals surface area (Å²) in [4.78, 5) is 15.9. The fourth-order valence-electron chi connectivity index (χ4n) is 1.65. The number of aromatic nitrogens is 1. The standard InChI is InChI=1S/C14H22N2O2S/c1-11-16-12(9-19-11)5-6-13(18)15-10-14(2,3)7-4-8-17/h5-6,9,17H,4,7-8,10H2,1-3H3,(H,15,18)/b6-5+. The van der Waals surface area contributed by atoms with Crippen LogP contribution in [0.25, 0.3) is 6.08 Å². The third-order valence-electron chi connectivity index (χ3n) is 2.80. The molecule has 1 amide bonds. The smallest absolute Gasteiger partial charge is 0.244 e. The van der Waals surface area contributed by atoms with Gasteiger partial charge in [0.05, 0.1) is 10.7 Å². The maximum absolute atomic E-state index is 11.7. The molecule has 0 aliphatic rings. The summed E-state index contributed by atoms with van der Waals surface area (Å²) in [5.41, 5.74) is 0.820. The van der Waals surface area contributed by atoms with Gasteiger partial charge in [0.15, 0.2) is 0 Å².